The topological polar surface area (TPSA) is 18.5 Å². The molecule has 1 aliphatic carbocycles. The van der Waals surface area contributed by atoms with Gasteiger partial charge in [0.05, 0.1) is 13.2 Å². The number of rotatable bonds is 11. The lowest BCUT2D eigenvalue weighted by Crippen LogP contribution is -2.24. The number of unbranched alkanes of at least 4 members (excludes halogenated alkanes) is 2. The Morgan fingerprint density at radius 2 is 1.44 bits per heavy atom. The molecule has 0 unspecified atom stereocenters. The molecule has 0 saturated carbocycles. The molecule has 0 amide bonds. The molecule has 0 fully saturated rings. The Hall–Kier alpha value is -0.340. The lowest BCUT2D eigenvalue weighted by atomic mass is 9.91. The molecule has 1 rings (SSSR count). The van der Waals surface area contributed by atoms with Crippen molar-refractivity contribution in [3.63, 3.8) is 0 Å². The van der Waals surface area contributed by atoms with Crippen LogP contribution >= 0.6 is 0 Å². The van der Waals surface area contributed by atoms with Crippen LogP contribution in [0.25, 0.3) is 0 Å². The molecule has 0 aromatic heterocycles. The van der Waals surface area contributed by atoms with E-state index in [2.05, 4.69) is 26.0 Å². The van der Waals surface area contributed by atoms with Crippen molar-refractivity contribution in [2.75, 3.05) is 26.4 Å². The van der Waals surface area contributed by atoms with Crippen LogP contribution in [0.15, 0.2) is 12.2 Å². The van der Waals surface area contributed by atoms with E-state index in [-0.39, 0.29) is 0 Å². The van der Waals surface area contributed by atoms with Gasteiger partial charge in [-0.25, -0.2) is 0 Å². The van der Waals surface area contributed by atoms with Gasteiger partial charge in [0, 0.05) is 19.1 Å². The molecule has 18 heavy (non-hydrogen) atoms. The summed E-state index contributed by atoms with van der Waals surface area (Å²) in [6, 6.07) is 0. The summed E-state index contributed by atoms with van der Waals surface area (Å²) in [5, 5.41) is 0. The highest BCUT2D eigenvalue weighted by Gasteiger charge is 2.22. The molecule has 0 bridgehead atoms. The summed E-state index contributed by atoms with van der Waals surface area (Å²) in [6.07, 6.45) is 11.8. The molecule has 106 valence electrons. The monoisotopic (exact) mass is 254 g/mol. The van der Waals surface area contributed by atoms with Crippen LogP contribution in [0.4, 0.5) is 0 Å². The highest BCUT2D eigenvalue weighted by Crippen LogP contribution is 2.27. The highest BCUT2D eigenvalue weighted by atomic mass is 16.5. The summed E-state index contributed by atoms with van der Waals surface area (Å²) in [4.78, 5) is 0. The maximum Gasteiger partial charge on any atom is 0.0519 e. The van der Waals surface area contributed by atoms with Crippen LogP contribution in [-0.4, -0.2) is 26.4 Å². The molecule has 0 saturated heterocycles. The van der Waals surface area contributed by atoms with Gasteiger partial charge in [-0.2, -0.15) is 0 Å². The Morgan fingerprint density at radius 3 is 1.89 bits per heavy atom. The smallest absolute Gasteiger partial charge is 0.0519 e. The molecule has 0 aromatic rings. The molecule has 0 N–H and O–H groups in total. The van der Waals surface area contributed by atoms with Crippen LogP contribution < -0.4 is 0 Å². The van der Waals surface area contributed by atoms with Crippen molar-refractivity contribution in [1.82, 2.24) is 0 Å². The Kier molecular flexibility index (Phi) is 9.23. The molecule has 2 nitrogen and oxygen atoms in total. The van der Waals surface area contributed by atoms with E-state index in [1.807, 2.05) is 0 Å². The van der Waals surface area contributed by atoms with E-state index >= 15 is 0 Å². The minimum absolute atomic E-state index is 0.578. The van der Waals surface area contributed by atoms with Gasteiger partial charge in [-0.15, -0.1) is 0 Å². The molecule has 0 heterocycles. The molecule has 0 aliphatic heterocycles. The molecule has 0 radical (unpaired) electrons. The predicted molar refractivity (Wildman–Crippen MR) is 76.8 cm³/mol. The Balaban J connectivity index is 2.18. The molecule has 0 spiro atoms. The fraction of sp³-hybridized carbons (Fsp3) is 0.875. The van der Waals surface area contributed by atoms with E-state index in [1.165, 1.54) is 38.5 Å². The summed E-state index contributed by atoms with van der Waals surface area (Å²) in [6.45, 7) is 7.96. The van der Waals surface area contributed by atoms with Gasteiger partial charge < -0.3 is 9.47 Å². The van der Waals surface area contributed by atoms with E-state index < -0.39 is 0 Å². The molecule has 0 atom stereocenters. The summed E-state index contributed by atoms with van der Waals surface area (Å²) in [5.41, 5.74) is 0. The second-order valence-corrected chi connectivity index (χ2v) is 5.32. The third-order valence-corrected chi connectivity index (χ3v) is 3.66. The third kappa shape index (κ3) is 6.55. The van der Waals surface area contributed by atoms with E-state index in [9.17, 15) is 0 Å². The third-order valence-electron chi connectivity index (χ3n) is 3.66. The summed E-state index contributed by atoms with van der Waals surface area (Å²) in [5.74, 6) is 1.32. The number of allylic oxidation sites excluding steroid dienone is 2. The van der Waals surface area contributed by atoms with Gasteiger partial charge >= 0.3 is 0 Å². The highest BCUT2D eigenvalue weighted by molar-refractivity contribution is 4.96. The first-order valence-corrected chi connectivity index (χ1v) is 7.69. The Bertz CT molecular complexity index is 193. The lowest BCUT2D eigenvalue weighted by Gasteiger charge is -2.23. The predicted octanol–water partition coefficient (Wildman–Crippen LogP) is 4.20. The minimum Gasteiger partial charge on any atom is -0.381 e. The van der Waals surface area contributed by atoms with Crippen molar-refractivity contribution in [3.05, 3.63) is 12.2 Å². The zero-order chi connectivity index (χ0) is 13.1. The van der Waals surface area contributed by atoms with Gasteiger partial charge in [-0.1, -0.05) is 38.8 Å². The maximum atomic E-state index is 5.80. The van der Waals surface area contributed by atoms with Crippen LogP contribution in [-0.2, 0) is 9.47 Å². The van der Waals surface area contributed by atoms with Crippen LogP contribution in [0, 0.1) is 11.8 Å². The summed E-state index contributed by atoms with van der Waals surface area (Å²) in [7, 11) is 0. The minimum atomic E-state index is 0.578. The molecule has 1 aliphatic rings. The molecular weight excluding hydrogens is 224 g/mol. The first kappa shape index (κ1) is 15.7. The van der Waals surface area contributed by atoms with Crippen molar-refractivity contribution in [3.8, 4) is 0 Å². The van der Waals surface area contributed by atoms with Crippen molar-refractivity contribution in [1.29, 1.82) is 0 Å². The second kappa shape index (κ2) is 10.6. The van der Waals surface area contributed by atoms with E-state index in [4.69, 9.17) is 9.47 Å². The molecular formula is C16H30O2. The van der Waals surface area contributed by atoms with Crippen molar-refractivity contribution in [2.24, 2.45) is 11.8 Å². The van der Waals surface area contributed by atoms with Crippen LogP contribution in [0.1, 0.15) is 52.4 Å². The van der Waals surface area contributed by atoms with E-state index in [1.54, 1.807) is 0 Å². The zero-order valence-corrected chi connectivity index (χ0v) is 12.2. The Morgan fingerprint density at radius 1 is 0.944 bits per heavy atom. The van der Waals surface area contributed by atoms with Crippen LogP contribution in [0.5, 0.6) is 0 Å². The first-order chi connectivity index (χ1) is 8.88. The quantitative estimate of drug-likeness (QED) is 0.406. The number of ether oxygens (including phenoxy) is 2. The number of hydrogen-bond acceptors (Lipinski definition) is 2. The standard InChI is InChI=1S/C16H30O2/c1-3-5-11-17-13-16(14-18-12-6-4-2)15-9-7-8-10-15/h7-8,15-16H,3-6,9-14H2,1-2H3. The first-order valence-electron chi connectivity index (χ1n) is 7.69. The largest absolute Gasteiger partial charge is 0.381 e. The van der Waals surface area contributed by atoms with Gasteiger partial charge in [-0.05, 0) is 31.6 Å². The fourth-order valence-corrected chi connectivity index (χ4v) is 2.31. The second-order valence-electron chi connectivity index (χ2n) is 5.32. The lowest BCUT2D eigenvalue weighted by molar-refractivity contribution is 0.0161. The van der Waals surface area contributed by atoms with Crippen molar-refractivity contribution < 1.29 is 9.47 Å². The SMILES string of the molecule is CCCCOCC(COCCCC)C1CC=CC1. The molecule has 2 heteroatoms. The van der Waals surface area contributed by atoms with Crippen molar-refractivity contribution in [2.45, 2.75) is 52.4 Å². The van der Waals surface area contributed by atoms with Crippen LogP contribution in [0.3, 0.4) is 0 Å². The van der Waals surface area contributed by atoms with E-state index in [0.29, 0.717) is 5.92 Å². The number of hydrogen-bond donors (Lipinski definition) is 0. The average molecular weight is 254 g/mol. The van der Waals surface area contributed by atoms with Gasteiger partial charge in [0.1, 0.15) is 0 Å². The maximum absolute atomic E-state index is 5.80. The average Bonchev–Trinajstić information content (AvgIpc) is 2.91. The summed E-state index contributed by atoms with van der Waals surface area (Å²) < 4.78 is 11.6. The Labute approximate surface area is 113 Å². The van der Waals surface area contributed by atoms with Crippen LogP contribution in [0.2, 0.25) is 0 Å². The summed E-state index contributed by atoms with van der Waals surface area (Å²) >= 11 is 0. The van der Waals surface area contributed by atoms with Gasteiger partial charge in [0.2, 0.25) is 0 Å². The van der Waals surface area contributed by atoms with Gasteiger partial charge in [-0.3, -0.25) is 0 Å². The van der Waals surface area contributed by atoms with Gasteiger partial charge in [0.25, 0.3) is 0 Å². The normalized spacial score (nSPS) is 15.9. The van der Waals surface area contributed by atoms with E-state index in [0.717, 1.165) is 32.3 Å². The zero-order valence-electron chi connectivity index (χ0n) is 12.2. The fourth-order valence-electron chi connectivity index (χ4n) is 2.31. The van der Waals surface area contributed by atoms with Crippen molar-refractivity contribution >= 4 is 0 Å². The molecule has 0 aromatic carbocycles. The van der Waals surface area contributed by atoms with Gasteiger partial charge in [0.15, 0.2) is 0 Å².